The van der Waals surface area contributed by atoms with Crippen LogP contribution in [0.4, 0.5) is 15.9 Å². The predicted molar refractivity (Wildman–Crippen MR) is 140 cm³/mol. The van der Waals surface area contributed by atoms with E-state index >= 15 is 0 Å². The average Bonchev–Trinajstić information content (AvgIpc) is 2.82. The van der Waals surface area contributed by atoms with Gasteiger partial charge in [-0.15, -0.1) is 0 Å². The number of nitrogens with zero attached hydrogens (tertiary/aromatic N) is 3. The number of benzene rings is 2. The van der Waals surface area contributed by atoms with Crippen molar-refractivity contribution in [2.24, 2.45) is 5.73 Å². The van der Waals surface area contributed by atoms with E-state index in [-0.39, 0.29) is 22.8 Å². The van der Waals surface area contributed by atoms with Crippen LogP contribution in [0.15, 0.2) is 48.7 Å². The number of carbonyl (C=O) groups is 2. The quantitative estimate of drug-likeness (QED) is 0.490. The molecule has 1 aliphatic rings. The Balaban J connectivity index is 1.84. The molecule has 1 aromatic heterocycles. The Kier molecular flexibility index (Phi) is 7.49. The monoisotopic (exact) mass is 530 g/mol. The van der Waals surface area contributed by atoms with Gasteiger partial charge in [-0.2, -0.15) is 0 Å². The maximum Gasteiger partial charge on any atom is 0.263 e. The number of carbonyl (C=O) groups excluding carboxylic acids is 2. The molecule has 0 bridgehead atoms. The molecule has 0 radical (unpaired) electrons. The summed E-state index contributed by atoms with van der Waals surface area (Å²) in [4.78, 5) is 33.0. The molecule has 0 saturated carbocycles. The van der Waals surface area contributed by atoms with Crippen molar-refractivity contribution in [2.45, 2.75) is 26.1 Å². The summed E-state index contributed by atoms with van der Waals surface area (Å²) < 4.78 is 20.4. The lowest BCUT2D eigenvalue weighted by molar-refractivity contribution is -0.00519. The Morgan fingerprint density at radius 1 is 1.11 bits per heavy atom. The molecule has 0 unspecified atom stereocenters. The zero-order chi connectivity index (χ0) is 26.1. The first kappa shape index (κ1) is 25.9. The second kappa shape index (κ2) is 10.4. The van der Waals surface area contributed by atoms with Crippen LogP contribution in [-0.2, 0) is 4.74 Å². The highest BCUT2D eigenvalue weighted by Gasteiger charge is 2.29. The van der Waals surface area contributed by atoms with E-state index in [2.05, 4.69) is 9.88 Å². The largest absolute Gasteiger partial charge is 0.372 e. The van der Waals surface area contributed by atoms with Gasteiger partial charge in [0.25, 0.3) is 5.91 Å². The molecule has 0 aliphatic carbocycles. The van der Waals surface area contributed by atoms with Gasteiger partial charge in [-0.05, 0) is 50.2 Å². The molecule has 4 rings (SSSR count). The van der Waals surface area contributed by atoms with E-state index in [1.165, 1.54) is 30.1 Å². The van der Waals surface area contributed by atoms with Gasteiger partial charge in [-0.25, -0.2) is 9.37 Å². The predicted octanol–water partition coefficient (Wildman–Crippen LogP) is 5.18. The van der Waals surface area contributed by atoms with Crippen LogP contribution < -0.4 is 15.5 Å². The van der Waals surface area contributed by atoms with Crippen LogP contribution in [0.25, 0.3) is 11.1 Å². The number of pyridine rings is 1. The standard InChI is InChI=1S/C26H25Cl2FN4O3/c1-14-12-33(13-15(2)36-14)22-10-17(18-9-16(24(30)34)7-8-19(18)27)11-31-25(22)32(3)26(35)23-20(28)5-4-6-21(23)29/h4-11,14-15H,12-13H2,1-3H3,(H2,30,34)/t14-,15+. The summed E-state index contributed by atoms with van der Waals surface area (Å²) in [6.45, 7) is 5.00. The number of halogens is 3. The maximum absolute atomic E-state index is 14.5. The molecule has 1 fully saturated rings. The molecule has 1 saturated heterocycles. The summed E-state index contributed by atoms with van der Waals surface area (Å²) in [7, 11) is 1.52. The third-order valence-corrected chi connectivity index (χ3v) is 6.61. The van der Waals surface area contributed by atoms with Gasteiger partial charge in [0.05, 0.1) is 28.5 Å². The van der Waals surface area contributed by atoms with Gasteiger partial charge in [-0.3, -0.25) is 14.5 Å². The highest BCUT2D eigenvalue weighted by atomic mass is 35.5. The third-order valence-electron chi connectivity index (χ3n) is 5.97. The SMILES string of the molecule is C[C@@H]1CN(c2cc(-c3cc(C(N)=O)ccc3Cl)cnc2N(C)C(=O)c2c(F)cccc2Cl)C[C@H](C)O1. The number of primary amides is 1. The molecule has 7 nitrogen and oxygen atoms in total. The lowest BCUT2D eigenvalue weighted by atomic mass is 10.0. The Labute approximate surface area is 218 Å². The van der Waals surface area contributed by atoms with Crippen molar-refractivity contribution in [2.75, 3.05) is 29.9 Å². The zero-order valence-corrected chi connectivity index (χ0v) is 21.5. The van der Waals surface area contributed by atoms with Crippen LogP contribution in [0, 0.1) is 5.82 Å². The van der Waals surface area contributed by atoms with Crippen molar-refractivity contribution >= 4 is 46.5 Å². The summed E-state index contributed by atoms with van der Waals surface area (Å²) in [5.41, 5.74) is 7.33. The molecule has 188 valence electrons. The van der Waals surface area contributed by atoms with Crippen LogP contribution in [0.3, 0.4) is 0 Å². The third kappa shape index (κ3) is 5.16. The van der Waals surface area contributed by atoms with Gasteiger partial charge < -0.3 is 15.4 Å². The highest BCUT2D eigenvalue weighted by Crippen LogP contribution is 2.37. The number of hydrogen-bond acceptors (Lipinski definition) is 5. The Morgan fingerprint density at radius 3 is 2.44 bits per heavy atom. The topological polar surface area (TPSA) is 88.8 Å². The lowest BCUT2D eigenvalue weighted by Crippen LogP contribution is -2.46. The molecule has 3 aromatic rings. The number of morpholine rings is 1. The first-order valence-electron chi connectivity index (χ1n) is 11.3. The molecule has 2 atom stereocenters. The van der Waals surface area contributed by atoms with Crippen LogP contribution in [0.1, 0.15) is 34.6 Å². The first-order chi connectivity index (χ1) is 17.1. The van der Waals surface area contributed by atoms with Gasteiger partial charge in [0.1, 0.15) is 5.82 Å². The Bertz CT molecular complexity index is 1310. The van der Waals surface area contributed by atoms with Gasteiger partial charge >= 0.3 is 0 Å². The number of hydrogen-bond donors (Lipinski definition) is 1. The van der Waals surface area contributed by atoms with E-state index in [0.717, 1.165) is 0 Å². The fraction of sp³-hybridized carbons (Fsp3) is 0.269. The lowest BCUT2D eigenvalue weighted by Gasteiger charge is -2.38. The molecule has 0 spiro atoms. The summed E-state index contributed by atoms with van der Waals surface area (Å²) in [5, 5.41) is 0.417. The van der Waals surface area contributed by atoms with E-state index in [1.54, 1.807) is 24.4 Å². The smallest absolute Gasteiger partial charge is 0.263 e. The summed E-state index contributed by atoms with van der Waals surface area (Å²) in [5.74, 6) is -1.63. The minimum absolute atomic E-state index is 0.00804. The van der Waals surface area contributed by atoms with Crippen molar-refractivity contribution in [1.29, 1.82) is 0 Å². The number of rotatable bonds is 5. The fourth-order valence-electron chi connectivity index (χ4n) is 4.32. The van der Waals surface area contributed by atoms with Crippen molar-refractivity contribution < 1.29 is 18.7 Å². The summed E-state index contributed by atoms with van der Waals surface area (Å²) in [6, 6.07) is 10.7. The van der Waals surface area contributed by atoms with E-state index in [4.69, 9.17) is 33.7 Å². The fourth-order valence-corrected chi connectivity index (χ4v) is 4.80. The number of ether oxygens (including phenoxy) is 1. The molecule has 1 aliphatic heterocycles. The van der Waals surface area contributed by atoms with Gasteiger partial charge in [0, 0.05) is 48.0 Å². The molecule has 2 heterocycles. The van der Waals surface area contributed by atoms with Crippen molar-refractivity contribution in [3.63, 3.8) is 0 Å². The van der Waals surface area contributed by atoms with E-state index < -0.39 is 17.6 Å². The van der Waals surface area contributed by atoms with Crippen LogP contribution in [0.5, 0.6) is 0 Å². The number of nitrogens with two attached hydrogens (primary N) is 1. The van der Waals surface area contributed by atoms with Crippen molar-refractivity contribution in [3.8, 4) is 11.1 Å². The maximum atomic E-state index is 14.5. The Morgan fingerprint density at radius 2 is 1.81 bits per heavy atom. The van der Waals surface area contributed by atoms with Crippen LogP contribution in [0.2, 0.25) is 10.0 Å². The van der Waals surface area contributed by atoms with E-state index in [9.17, 15) is 14.0 Å². The summed E-state index contributed by atoms with van der Waals surface area (Å²) in [6.07, 6.45) is 1.40. The molecule has 2 amide bonds. The molecule has 2 aromatic carbocycles. The minimum Gasteiger partial charge on any atom is -0.372 e. The molecular weight excluding hydrogens is 506 g/mol. The molecule has 36 heavy (non-hydrogen) atoms. The zero-order valence-electron chi connectivity index (χ0n) is 20.0. The van der Waals surface area contributed by atoms with Crippen molar-refractivity contribution in [1.82, 2.24) is 4.98 Å². The molecule has 2 N–H and O–H groups in total. The average molecular weight is 531 g/mol. The van der Waals surface area contributed by atoms with Gasteiger partial charge in [0.15, 0.2) is 5.82 Å². The van der Waals surface area contributed by atoms with Gasteiger partial charge in [-0.1, -0.05) is 29.3 Å². The minimum atomic E-state index is -0.721. The van der Waals surface area contributed by atoms with E-state index in [0.29, 0.717) is 46.3 Å². The molecular formula is C26H25Cl2FN4O3. The molecule has 10 heteroatoms. The van der Waals surface area contributed by atoms with Gasteiger partial charge in [0.2, 0.25) is 5.91 Å². The first-order valence-corrected chi connectivity index (χ1v) is 12.0. The Hall–Kier alpha value is -3.20. The second-order valence-corrected chi connectivity index (χ2v) is 9.56. The highest BCUT2D eigenvalue weighted by molar-refractivity contribution is 6.34. The van der Waals surface area contributed by atoms with Crippen molar-refractivity contribution in [3.05, 3.63) is 75.7 Å². The van der Waals surface area contributed by atoms with Crippen LogP contribution >= 0.6 is 23.2 Å². The second-order valence-electron chi connectivity index (χ2n) is 8.75. The number of amides is 2. The van der Waals surface area contributed by atoms with Crippen LogP contribution in [-0.4, -0.2) is 49.1 Å². The number of anilines is 2. The summed E-state index contributed by atoms with van der Waals surface area (Å²) >= 11 is 12.6. The van der Waals surface area contributed by atoms with E-state index in [1.807, 2.05) is 19.9 Å². The normalized spacial score (nSPS) is 17.7. The number of aromatic nitrogens is 1.